The number of piperidine rings is 1. The molecule has 2 saturated heterocycles. The molecule has 5 unspecified atom stereocenters. The molecule has 1 aliphatic carbocycles. The molecule has 1 saturated carbocycles. The highest BCUT2D eigenvalue weighted by Crippen LogP contribution is 2.45. The topological polar surface area (TPSA) is 66.5 Å². The molecule has 5 atom stereocenters. The van der Waals surface area contributed by atoms with Gasteiger partial charge < -0.3 is 9.64 Å². The van der Waals surface area contributed by atoms with Gasteiger partial charge in [-0.25, -0.2) is 4.98 Å². The molecule has 3 heterocycles. The van der Waals surface area contributed by atoms with Gasteiger partial charge in [-0.05, 0) is 31.2 Å². The van der Waals surface area contributed by atoms with Crippen LogP contribution in [0.2, 0.25) is 0 Å². The van der Waals surface area contributed by atoms with Crippen molar-refractivity contribution in [3.63, 3.8) is 0 Å². The summed E-state index contributed by atoms with van der Waals surface area (Å²) in [4.78, 5) is 18.3. The van der Waals surface area contributed by atoms with E-state index < -0.39 is 30.6 Å². The number of nitrogens with one attached hydrogen (secondary N) is 2. The Morgan fingerprint density at radius 3 is 2.89 bits per heavy atom. The second kappa shape index (κ2) is 6.94. The molecule has 6 nitrogen and oxygen atoms in total. The summed E-state index contributed by atoms with van der Waals surface area (Å²) >= 11 is 0. The van der Waals surface area contributed by atoms with Gasteiger partial charge in [0.15, 0.2) is 0 Å². The number of halogens is 3. The van der Waals surface area contributed by atoms with Crippen LogP contribution in [0.25, 0.3) is 0 Å². The molecule has 3 aliphatic rings. The van der Waals surface area contributed by atoms with Crippen molar-refractivity contribution in [2.75, 3.05) is 20.2 Å². The third-order valence-electron chi connectivity index (χ3n) is 6.08. The number of aromatic nitrogens is 1. The van der Waals surface area contributed by atoms with E-state index in [1.165, 1.54) is 7.11 Å². The van der Waals surface area contributed by atoms with E-state index >= 15 is 0 Å². The molecule has 27 heavy (non-hydrogen) atoms. The highest BCUT2D eigenvalue weighted by Gasteiger charge is 2.54. The van der Waals surface area contributed by atoms with Gasteiger partial charge in [0.2, 0.25) is 11.8 Å². The van der Waals surface area contributed by atoms with E-state index in [2.05, 4.69) is 15.8 Å². The number of alkyl halides is 3. The van der Waals surface area contributed by atoms with Crippen molar-refractivity contribution >= 4 is 5.91 Å². The number of rotatable bonds is 3. The van der Waals surface area contributed by atoms with Gasteiger partial charge in [-0.3, -0.25) is 15.6 Å². The number of hydrogen-bond acceptors (Lipinski definition) is 5. The summed E-state index contributed by atoms with van der Waals surface area (Å²) in [6.07, 6.45) is -2.34. The standard InChI is InChI=1S/C18H23F3N4O2/c1-27-15-4-2-3-13(23-15)10-5-6-11-14(7-10)25(9-18(19,20)21)17(26)12-8-22-24-16(11)12/h2-4,10-12,14,16,22,24H,5-9H2,1H3. The highest BCUT2D eigenvalue weighted by molar-refractivity contribution is 5.82. The normalized spacial score (nSPS) is 33.6. The smallest absolute Gasteiger partial charge is 0.406 e. The first-order chi connectivity index (χ1) is 12.9. The van der Waals surface area contributed by atoms with Crippen LogP contribution < -0.4 is 15.6 Å². The molecule has 2 aliphatic heterocycles. The van der Waals surface area contributed by atoms with Crippen molar-refractivity contribution in [1.82, 2.24) is 20.7 Å². The Hall–Kier alpha value is -1.87. The Balaban J connectivity index is 1.61. The zero-order chi connectivity index (χ0) is 19.2. The molecule has 1 aromatic heterocycles. The maximum Gasteiger partial charge on any atom is 0.406 e. The van der Waals surface area contributed by atoms with Gasteiger partial charge in [0, 0.05) is 36.3 Å². The first kappa shape index (κ1) is 18.5. The molecule has 1 amide bonds. The third-order valence-corrected chi connectivity index (χ3v) is 6.08. The number of amides is 1. The number of methoxy groups -OCH3 is 1. The lowest BCUT2D eigenvalue weighted by Gasteiger charge is -2.50. The maximum absolute atomic E-state index is 13.2. The van der Waals surface area contributed by atoms with Crippen molar-refractivity contribution in [1.29, 1.82) is 0 Å². The summed E-state index contributed by atoms with van der Waals surface area (Å²) in [7, 11) is 1.53. The second-order valence-corrected chi connectivity index (χ2v) is 7.58. The first-order valence-corrected chi connectivity index (χ1v) is 9.24. The lowest BCUT2D eigenvalue weighted by Crippen LogP contribution is -2.63. The van der Waals surface area contributed by atoms with Crippen LogP contribution in [0.15, 0.2) is 18.2 Å². The Labute approximate surface area is 155 Å². The largest absolute Gasteiger partial charge is 0.481 e. The molecule has 0 spiro atoms. The number of ether oxygens (including phenoxy) is 1. The summed E-state index contributed by atoms with van der Waals surface area (Å²) in [5.74, 6) is -0.332. The minimum atomic E-state index is -4.41. The number of likely N-dealkylation sites (tertiary alicyclic amines) is 1. The van der Waals surface area contributed by atoms with Gasteiger partial charge >= 0.3 is 6.18 Å². The molecule has 0 aromatic carbocycles. The number of carbonyl (C=O) groups excluding carboxylic acids is 1. The molecule has 0 bridgehead atoms. The predicted octanol–water partition coefficient (Wildman–Crippen LogP) is 1.84. The summed E-state index contributed by atoms with van der Waals surface area (Å²) in [6, 6.07) is 4.91. The predicted molar refractivity (Wildman–Crippen MR) is 90.8 cm³/mol. The lowest BCUT2D eigenvalue weighted by molar-refractivity contribution is -0.178. The Morgan fingerprint density at radius 2 is 2.15 bits per heavy atom. The Kier molecular flexibility index (Phi) is 4.75. The van der Waals surface area contributed by atoms with Crippen LogP contribution in [-0.4, -0.2) is 54.3 Å². The second-order valence-electron chi connectivity index (χ2n) is 7.58. The SMILES string of the molecule is COc1cccc(C2CCC3C4NNCC4C(=O)N(CC(F)(F)F)C3C2)n1. The van der Waals surface area contributed by atoms with Crippen molar-refractivity contribution in [3.8, 4) is 5.88 Å². The van der Waals surface area contributed by atoms with Gasteiger partial charge in [0.05, 0.1) is 13.0 Å². The van der Waals surface area contributed by atoms with E-state index in [-0.39, 0.29) is 17.9 Å². The van der Waals surface area contributed by atoms with Crippen molar-refractivity contribution < 1.29 is 22.7 Å². The monoisotopic (exact) mass is 384 g/mol. The fraction of sp³-hybridized carbons (Fsp3) is 0.667. The van der Waals surface area contributed by atoms with Crippen molar-refractivity contribution in [2.24, 2.45) is 11.8 Å². The van der Waals surface area contributed by atoms with Gasteiger partial charge in [-0.1, -0.05) is 6.07 Å². The molecule has 0 radical (unpaired) electrons. The first-order valence-electron chi connectivity index (χ1n) is 9.24. The van der Waals surface area contributed by atoms with Crippen LogP contribution in [0.4, 0.5) is 13.2 Å². The number of fused-ring (bicyclic) bond motifs is 3. The fourth-order valence-electron chi connectivity index (χ4n) is 4.91. The van der Waals surface area contributed by atoms with Crippen molar-refractivity contribution in [3.05, 3.63) is 23.9 Å². The summed E-state index contributed by atoms with van der Waals surface area (Å²) in [6.45, 7) is -0.809. The quantitative estimate of drug-likeness (QED) is 0.833. The number of carbonyl (C=O) groups is 1. The van der Waals surface area contributed by atoms with Crippen LogP contribution >= 0.6 is 0 Å². The lowest BCUT2D eigenvalue weighted by atomic mass is 9.68. The van der Waals surface area contributed by atoms with Crippen molar-refractivity contribution in [2.45, 2.75) is 43.4 Å². The summed E-state index contributed by atoms with van der Waals surface area (Å²) in [5.41, 5.74) is 6.90. The van der Waals surface area contributed by atoms with Crippen LogP contribution in [0.5, 0.6) is 5.88 Å². The van der Waals surface area contributed by atoms with Crippen LogP contribution in [0, 0.1) is 11.8 Å². The van der Waals surface area contributed by atoms with E-state index in [4.69, 9.17) is 4.74 Å². The van der Waals surface area contributed by atoms with E-state index in [0.717, 1.165) is 23.4 Å². The molecule has 4 rings (SSSR count). The summed E-state index contributed by atoms with van der Waals surface area (Å²) < 4.78 is 44.7. The molecular formula is C18H23F3N4O2. The molecular weight excluding hydrogens is 361 g/mol. The Morgan fingerprint density at radius 1 is 1.33 bits per heavy atom. The number of hydrogen-bond donors (Lipinski definition) is 2. The van der Waals surface area contributed by atoms with Crippen LogP contribution in [-0.2, 0) is 4.79 Å². The summed E-state index contributed by atoms with van der Waals surface area (Å²) in [5, 5.41) is 0. The van der Waals surface area contributed by atoms with Crippen LogP contribution in [0.1, 0.15) is 30.9 Å². The minimum absolute atomic E-state index is 0.00640. The molecule has 9 heteroatoms. The van der Waals surface area contributed by atoms with E-state index in [9.17, 15) is 18.0 Å². The highest BCUT2D eigenvalue weighted by atomic mass is 19.4. The molecule has 148 valence electrons. The minimum Gasteiger partial charge on any atom is -0.481 e. The molecule has 3 fully saturated rings. The van der Waals surface area contributed by atoms with Gasteiger partial charge in [-0.2, -0.15) is 13.2 Å². The van der Waals surface area contributed by atoms with E-state index in [0.29, 0.717) is 18.8 Å². The van der Waals surface area contributed by atoms with Crippen LogP contribution in [0.3, 0.4) is 0 Å². The van der Waals surface area contributed by atoms with Gasteiger partial charge in [-0.15, -0.1) is 0 Å². The molecule has 2 N–H and O–H groups in total. The average molecular weight is 384 g/mol. The zero-order valence-corrected chi connectivity index (χ0v) is 15.0. The third kappa shape index (κ3) is 3.50. The average Bonchev–Trinajstić information content (AvgIpc) is 3.14. The number of nitrogens with zero attached hydrogens (tertiary/aromatic N) is 2. The Bertz CT molecular complexity index is 714. The number of hydrazine groups is 1. The van der Waals surface area contributed by atoms with Gasteiger partial charge in [0.25, 0.3) is 0 Å². The fourth-order valence-corrected chi connectivity index (χ4v) is 4.91. The van der Waals surface area contributed by atoms with E-state index in [1.807, 2.05) is 12.1 Å². The van der Waals surface area contributed by atoms with E-state index in [1.54, 1.807) is 6.07 Å². The molecule has 1 aromatic rings. The zero-order valence-electron chi connectivity index (χ0n) is 15.0. The van der Waals surface area contributed by atoms with Gasteiger partial charge in [0.1, 0.15) is 6.54 Å². The number of pyridine rings is 1. The maximum atomic E-state index is 13.2.